The molecule has 0 aromatic heterocycles. The highest BCUT2D eigenvalue weighted by molar-refractivity contribution is 7.88. The van der Waals surface area contributed by atoms with Gasteiger partial charge in [-0.2, -0.15) is 4.31 Å². The normalized spacial score (nSPS) is 37.7. The number of β-amino-alcohol motifs (C(OH)–C–C–N with tert-alkyl or cyclic N) is 1. The van der Waals surface area contributed by atoms with E-state index in [9.17, 15) is 13.5 Å². The van der Waals surface area contributed by atoms with E-state index in [4.69, 9.17) is 5.73 Å². The number of hydrogen-bond donors (Lipinski definition) is 2. The topological polar surface area (TPSA) is 83.6 Å². The van der Waals surface area contributed by atoms with Crippen molar-refractivity contribution < 1.29 is 13.5 Å². The Morgan fingerprint density at radius 3 is 2.54 bits per heavy atom. The quantitative estimate of drug-likeness (QED) is 0.563. The van der Waals surface area contributed by atoms with E-state index >= 15 is 0 Å². The molecule has 0 radical (unpaired) electrons. The lowest BCUT2D eigenvalue weighted by molar-refractivity contribution is -0.00838. The van der Waals surface area contributed by atoms with Gasteiger partial charge in [-0.25, -0.2) is 8.42 Å². The van der Waals surface area contributed by atoms with Gasteiger partial charge >= 0.3 is 0 Å². The van der Waals surface area contributed by atoms with E-state index in [1.165, 1.54) is 4.31 Å². The number of nitrogens with zero attached hydrogens (tertiary/aromatic N) is 1. The molecule has 0 unspecified atom stereocenters. The van der Waals surface area contributed by atoms with Crippen molar-refractivity contribution in [2.75, 3.05) is 19.3 Å². The zero-order valence-electron chi connectivity index (χ0n) is 7.90. The van der Waals surface area contributed by atoms with Crippen LogP contribution in [0.2, 0.25) is 0 Å². The van der Waals surface area contributed by atoms with E-state index in [1.807, 2.05) is 0 Å². The van der Waals surface area contributed by atoms with Crippen LogP contribution in [0.3, 0.4) is 0 Å². The lowest BCUT2D eigenvalue weighted by atomic mass is 9.91. The lowest BCUT2D eigenvalue weighted by Gasteiger charge is -2.39. The molecule has 1 saturated heterocycles. The Hall–Kier alpha value is -0.170. The van der Waals surface area contributed by atoms with Gasteiger partial charge in [0.2, 0.25) is 10.0 Å². The average molecular weight is 208 g/mol. The Morgan fingerprint density at radius 2 is 2.15 bits per heavy atom. The lowest BCUT2D eigenvalue weighted by Crippen LogP contribution is -2.59. The highest BCUT2D eigenvalue weighted by atomic mass is 32.2. The van der Waals surface area contributed by atoms with Gasteiger partial charge in [0.05, 0.1) is 11.9 Å². The summed E-state index contributed by atoms with van der Waals surface area (Å²) in [5.74, 6) is 0. The molecule has 1 fully saturated rings. The van der Waals surface area contributed by atoms with Crippen LogP contribution in [0.5, 0.6) is 0 Å². The first-order valence-corrected chi connectivity index (χ1v) is 6.01. The van der Waals surface area contributed by atoms with E-state index in [-0.39, 0.29) is 12.6 Å². The Morgan fingerprint density at radius 1 is 1.62 bits per heavy atom. The summed E-state index contributed by atoms with van der Waals surface area (Å²) in [5.41, 5.74) is 4.54. The second-order valence-electron chi connectivity index (χ2n) is 3.85. The summed E-state index contributed by atoms with van der Waals surface area (Å²) in [6, 6.07) is -0.342. The molecule has 2 atom stereocenters. The molecule has 13 heavy (non-hydrogen) atoms. The summed E-state index contributed by atoms with van der Waals surface area (Å²) >= 11 is 0. The molecule has 0 aromatic carbocycles. The highest BCUT2D eigenvalue weighted by Crippen LogP contribution is 2.21. The van der Waals surface area contributed by atoms with E-state index in [1.54, 1.807) is 6.92 Å². The van der Waals surface area contributed by atoms with Crippen molar-refractivity contribution in [3.8, 4) is 0 Å². The molecule has 1 heterocycles. The molecule has 1 aliphatic heterocycles. The van der Waals surface area contributed by atoms with Crippen molar-refractivity contribution in [3.63, 3.8) is 0 Å². The zero-order chi connectivity index (χ0) is 10.3. The van der Waals surface area contributed by atoms with Crippen molar-refractivity contribution in [2.45, 2.75) is 25.0 Å². The molecule has 0 amide bonds. The van der Waals surface area contributed by atoms with Crippen molar-refractivity contribution in [1.82, 2.24) is 4.31 Å². The van der Waals surface area contributed by atoms with Crippen LogP contribution < -0.4 is 5.73 Å². The summed E-state index contributed by atoms with van der Waals surface area (Å²) < 4.78 is 23.6. The largest absolute Gasteiger partial charge is 0.387 e. The minimum absolute atomic E-state index is 0.0903. The maximum atomic E-state index is 11.2. The molecule has 0 saturated carbocycles. The maximum Gasteiger partial charge on any atom is 0.211 e. The van der Waals surface area contributed by atoms with Gasteiger partial charge in [-0.05, 0) is 13.3 Å². The Kier molecular flexibility index (Phi) is 2.68. The first-order chi connectivity index (χ1) is 5.73. The standard InChI is InChI=1S/C7H16N2O3S/c1-7(10)5-9(13(2,11)12)4-3-6(7)8/h6,10H,3-5,8H2,1-2H3/t6-,7-/m1/s1. The van der Waals surface area contributed by atoms with Crippen molar-refractivity contribution in [2.24, 2.45) is 5.73 Å². The second kappa shape index (κ2) is 3.20. The number of aliphatic hydroxyl groups is 1. The van der Waals surface area contributed by atoms with Gasteiger partial charge in [0.1, 0.15) is 0 Å². The van der Waals surface area contributed by atoms with Crippen LogP contribution in [0.4, 0.5) is 0 Å². The molecule has 1 aliphatic rings. The molecule has 78 valence electrons. The Bertz CT molecular complexity index is 286. The predicted octanol–water partition coefficient (Wildman–Crippen LogP) is -1.27. The van der Waals surface area contributed by atoms with Crippen LogP contribution in [0.1, 0.15) is 13.3 Å². The monoisotopic (exact) mass is 208 g/mol. The Labute approximate surface area is 78.6 Å². The number of rotatable bonds is 1. The molecule has 0 aromatic rings. The smallest absolute Gasteiger partial charge is 0.211 e. The number of piperidine rings is 1. The van der Waals surface area contributed by atoms with Gasteiger partial charge < -0.3 is 10.8 Å². The van der Waals surface area contributed by atoms with Gasteiger partial charge in [0.15, 0.2) is 0 Å². The van der Waals surface area contributed by atoms with Crippen LogP contribution in [0.15, 0.2) is 0 Å². The van der Waals surface area contributed by atoms with Gasteiger partial charge in [0.25, 0.3) is 0 Å². The molecule has 3 N–H and O–H groups in total. The van der Waals surface area contributed by atoms with E-state index in [0.717, 1.165) is 6.26 Å². The summed E-state index contributed by atoms with van der Waals surface area (Å²) in [4.78, 5) is 0. The first-order valence-electron chi connectivity index (χ1n) is 4.16. The summed E-state index contributed by atoms with van der Waals surface area (Å²) in [6.45, 7) is 2.05. The number of nitrogens with two attached hydrogens (primary N) is 1. The fourth-order valence-corrected chi connectivity index (χ4v) is 2.36. The third kappa shape index (κ3) is 2.40. The molecule has 5 nitrogen and oxygen atoms in total. The van der Waals surface area contributed by atoms with Gasteiger partial charge in [-0.3, -0.25) is 0 Å². The SMILES string of the molecule is C[C@@]1(O)CN(S(C)(=O)=O)CC[C@H]1N. The van der Waals surface area contributed by atoms with Crippen molar-refractivity contribution in [3.05, 3.63) is 0 Å². The molecule has 1 rings (SSSR count). The number of sulfonamides is 1. The predicted molar refractivity (Wildman–Crippen MR) is 49.6 cm³/mol. The minimum atomic E-state index is -3.20. The van der Waals surface area contributed by atoms with Crippen LogP contribution >= 0.6 is 0 Å². The first kappa shape index (κ1) is 10.9. The van der Waals surface area contributed by atoms with Gasteiger partial charge in [-0.1, -0.05) is 0 Å². The van der Waals surface area contributed by atoms with Crippen molar-refractivity contribution >= 4 is 10.0 Å². The zero-order valence-corrected chi connectivity index (χ0v) is 8.71. The summed E-state index contributed by atoms with van der Waals surface area (Å²) in [5, 5.41) is 9.75. The third-order valence-corrected chi connectivity index (χ3v) is 3.70. The van der Waals surface area contributed by atoms with Gasteiger partial charge in [0, 0.05) is 19.1 Å². The molecular formula is C7H16N2O3S. The van der Waals surface area contributed by atoms with Crippen molar-refractivity contribution in [1.29, 1.82) is 0 Å². The molecular weight excluding hydrogens is 192 g/mol. The molecule has 0 spiro atoms. The fraction of sp³-hybridized carbons (Fsp3) is 1.00. The van der Waals surface area contributed by atoms with Crippen LogP contribution in [0.25, 0.3) is 0 Å². The second-order valence-corrected chi connectivity index (χ2v) is 5.83. The van der Waals surface area contributed by atoms with E-state index in [2.05, 4.69) is 0 Å². The minimum Gasteiger partial charge on any atom is -0.387 e. The summed E-state index contributed by atoms with van der Waals surface area (Å²) in [7, 11) is -3.20. The molecule has 6 heteroatoms. The summed E-state index contributed by atoms with van der Waals surface area (Å²) in [6.07, 6.45) is 1.64. The van der Waals surface area contributed by atoms with Crippen LogP contribution in [-0.4, -0.2) is 48.8 Å². The van der Waals surface area contributed by atoms with Gasteiger partial charge in [-0.15, -0.1) is 0 Å². The highest BCUT2D eigenvalue weighted by Gasteiger charge is 2.38. The number of hydrogen-bond acceptors (Lipinski definition) is 4. The maximum absolute atomic E-state index is 11.2. The van der Waals surface area contributed by atoms with Crippen LogP contribution in [-0.2, 0) is 10.0 Å². The molecule has 0 bridgehead atoms. The van der Waals surface area contributed by atoms with E-state index < -0.39 is 15.6 Å². The van der Waals surface area contributed by atoms with Crippen LogP contribution in [0, 0.1) is 0 Å². The third-order valence-electron chi connectivity index (χ3n) is 2.45. The fourth-order valence-electron chi connectivity index (χ4n) is 1.43. The molecule has 0 aliphatic carbocycles. The average Bonchev–Trinajstić information content (AvgIpc) is 1.92. The Balaban J connectivity index is 2.78. The van der Waals surface area contributed by atoms with E-state index in [0.29, 0.717) is 13.0 Å².